The van der Waals surface area contributed by atoms with Crippen LogP contribution >= 0.6 is 11.3 Å². The van der Waals surface area contributed by atoms with Gasteiger partial charge in [0.05, 0.1) is 12.5 Å². The van der Waals surface area contributed by atoms with E-state index >= 15 is 0 Å². The predicted octanol–water partition coefficient (Wildman–Crippen LogP) is 2.65. The molecule has 1 aromatic rings. The standard InChI is InChI=1S/C13H18N2OS/c1-9(2)6-11(8-14)15-13(16)7-12-5-4-10(3)17-12/h4-5,9,11H,6-7H2,1-3H3,(H,15,16). The first kappa shape index (κ1) is 13.7. The second-order valence-electron chi connectivity index (χ2n) is 4.57. The molecule has 0 spiro atoms. The Labute approximate surface area is 106 Å². The van der Waals surface area contributed by atoms with E-state index in [0.717, 1.165) is 4.88 Å². The highest BCUT2D eigenvalue weighted by Gasteiger charge is 2.13. The first-order chi connectivity index (χ1) is 8.01. The van der Waals surface area contributed by atoms with E-state index in [1.165, 1.54) is 4.88 Å². The van der Waals surface area contributed by atoms with E-state index in [9.17, 15) is 4.79 Å². The quantitative estimate of drug-likeness (QED) is 0.873. The predicted molar refractivity (Wildman–Crippen MR) is 69.8 cm³/mol. The van der Waals surface area contributed by atoms with E-state index in [-0.39, 0.29) is 11.9 Å². The van der Waals surface area contributed by atoms with Crippen molar-refractivity contribution >= 4 is 17.2 Å². The van der Waals surface area contributed by atoms with Gasteiger partial charge in [-0.25, -0.2) is 0 Å². The average Bonchev–Trinajstić information content (AvgIpc) is 2.62. The summed E-state index contributed by atoms with van der Waals surface area (Å²) < 4.78 is 0. The smallest absolute Gasteiger partial charge is 0.226 e. The zero-order chi connectivity index (χ0) is 12.8. The summed E-state index contributed by atoms with van der Waals surface area (Å²) in [5, 5.41) is 11.7. The number of nitriles is 1. The topological polar surface area (TPSA) is 52.9 Å². The fourth-order valence-electron chi connectivity index (χ4n) is 1.60. The molecule has 0 saturated carbocycles. The molecule has 0 radical (unpaired) electrons. The lowest BCUT2D eigenvalue weighted by atomic mass is 10.0. The van der Waals surface area contributed by atoms with E-state index in [4.69, 9.17) is 5.26 Å². The van der Waals surface area contributed by atoms with Crippen LogP contribution < -0.4 is 5.32 Å². The Hall–Kier alpha value is -1.34. The van der Waals surface area contributed by atoms with Gasteiger partial charge in [-0.3, -0.25) is 4.79 Å². The van der Waals surface area contributed by atoms with E-state index in [1.807, 2.05) is 32.9 Å². The van der Waals surface area contributed by atoms with Crippen molar-refractivity contribution in [3.05, 3.63) is 21.9 Å². The molecule has 0 aliphatic carbocycles. The number of thiophene rings is 1. The maximum Gasteiger partial charge on any atom is 0.226 e. The van der Waals surface area contributed by atoms with E-state index < -0.39 is 0 Å². The van der Waals surface area contributed by atoms with Gasteiger partial charge in [0.2, 0.25) is 5.91 Å². The highest BCUT2D eigenvalue weighted by molar-refractivity contribution is 7.12. The minimum Gasteiger partial charge on any atom is -0.340 e. The summed E-state index contributed by atoms with van der Waals surface area (Å²) >= 11 is 1.62. The van der Waals surface area contributed by atoms with Crippen LogP contribution in [0.3, 0.4) is 0 Å². The van der Waals surface area contributed by atoms with Gasteiger partial charge >= 0.3 is 0 Å². The van der Waals surface area contributed by atoms with Gasteiger partial charge in [-0.05, 0) is 31.4 Å². The fourth-order valence-corrected chi connectivity index (χ4v) is 2.49. The van der Waals surface area contributed by atoms with Crippen LogP contribution in [0.5, 0.6) is 0 Å². The van der Waals surface area contributed by atoms with E-state index in [2.05, 4.69) is 11.4 Å². The van der Waals surface area contributed by atoms with Crippen LogP contribution in [0.4, 0.5) is 0 Å². The number of nitrogens with one attached hydrogen (secondary N) is 1. The Bertz CT molecular complexity index is 417. The Balaban J connectivity index is 2.46. The molecule has 0 aliphatic heterocycles. The molecule has 92 valence electrons. The SMILES string of the molecule is Cc1ccc(CC(=O)NC(C#N)CC(C)C)s1. The van der Waals surface area contributed by atoms with Gasteiger partial charge in [-0.15, -0.1) is 11.3 Å². The molecule has 0 aliphatic rings. The molecule has 1 heterocycles. The van der Waals surface area contributed by atoms with Crippen LogP contribution in [0, 0.1) is 24.2 Å². The molecule has 0 fully saturated rings. The molecular formula is C13H18N2OS. The summed E-state index contributed by atoms with van der Waals surface area (Å²) in [6, 6.07) is 5.72. The first-order valence-electron chi connectivity index (χ1n) is 5.75. The van der Waals surface area contributed by atoms with Crippen molar-refractivity contribution in [3.8, 4) is 6.07 Å². The summed E-state index contributed by atoms with van der Waals surface area (Å²) in [5.74, 6) is 0.336. The van der Waals surface area contributed by atoms with E-state index in [1.54, 1.807) is 11.3 Å². The number of rotatable bonds is 5. The van der Waals surface area contributed by atoms with Gasteiger partial charge in [0, 0.05) is 9.75 Å². The normalized spacial score (nSPS) is 12.2. The van der Waals surface area contributed by atoms with Crippen LogP contribution in [-0.2, 0) is 11.2 Å². The fraction of sp³-hybridized carbons (Fsp3) is 0.538. The van der Waals surface area contributed by atoms with Crippen molar-refractivity contribution in [1.82, 2.24) is 5.32 Å². The molecule has 0 bridgehead atoms. The third-order valence-corrected chi connectivity index (χ3v) is 3.33. The number of hydrogen-bond donors (Lipinski definition) is 1. The van der Waals surface area contributed by atoms with Gasteiger partial charge in [0.15, 0.2) is 0 Å². The molecule has 1 rings (SSSR count). The van der Waals surface area contributed by atoms with Crippen LogP contribution in [0.15, 0.2) is 12.1 Å². The van der Waals surface area contributed by atoms with Gasteiger partial charge in [-0.1, -0.05) is 13.8 Å². The zero-order valence-corrected chi connectivity index (χ0v) is 11.3. The number of nitrogens with zero attached hydrogens (tertiary/aromatic N) is 1. The van der Waals surface area contributed by atoms with Gasteiger partial charge in [0.25, 0.3) is 0 Å². The molecular weight excluding hydrogens is 232 g/mol. The van der Waals surface area contributed by atoms with Crippen LogP contribution in [0.2, 0.25) is 0 Å². The van der Waals surface area contributed by atoms with Crippen molar-refractivity contribution in [3.63, 3.8) is 0 Å². The number of amides is 1. The van der Waals surface area contributed by atoms with Gasteiger partial charge < -0.3 is 5.32 Å². The lowest BCUT2D eigenvalue weighted by molar-refractivity contribution is -0.120. The zero-order valence-electron chi connectivity index (χ0n) is 10.5. The molecule has 3 nitrogen and oxygen atoms in total. The number of carbonyl (C=O) groups is 1. The van der Waals surface area contributed by atoms with Crippen LogP contribution in [0.25, 0.3) is 0 Å². The molecule has 1 aromatic heterocycles. The monoisotopic (exact) mass is 250 g/mol. The van der Waals surface area contributed by atoms with Crippen molar-refractivity contribution in [2.45, 2.75) is 39.7 Å². The molecule has 1 unspecified atom stereocenters. The molecule has 1 amide bonds. The maximum absolute atomic E-state index is 11.7. The average molecular weight is 250 g/mol. The lowest BCUT2D eigenvalue weighted by Gasteiger charge is -2.13. The lowest BCUT2D eigenvalue weighted by Crippen LogP contribution is -2.35. The summed E-state index contributed by atoms with van der Waals surface area (Å²) in [6.07, 6.45) is 1.07. The minimum atomic E-state index is -0.372. The van der Waals surface area contributed by atoms with E-state index in [0.29, 0.717) is 18.8 Å². The second-order valence-corrected chi connectivity index (χ2v) is 5.94. The maximum atomic E-state index is 11.7. The Morgan fingerprint density at radius 2 is 2.24 bits per heavy atom. The van der Waals surface area contributed by atoms with Gasteiger partial charge in [-0.2, -0.15) is 5.26 Å². The van der Waals surface area contributed by atoms with Crippen molar-refractivity contribution < 1.29 is 4.79 Å². The second kappa shape index (κ2) is 6.41. The van der Waals surface area contributed by atoms with Crippen LogP contribution in [0.1, 0.15) is 30.0 Å². The summed E-state index contributed by atoms with van der Waals surface area (Å²) in [5.41, 5.74) is 0. The number of hydrogen-bond acceptors (Lipinski definition) is 3. The van der Waals surface area contributed by atoms with Crippen molar-refractivity contribution in [2.75, 3.05) is 0 Å². The first-order valence-corrected chi connectivity index (χ1v) is 6.57. The van der Waals surface area contributed by atoms with Crippen LogP contribution in [-0.4, -0.2) is 11.9 Å². The number of aryl methyl sites for hydroxylation is 1. The number of carbonyl (C=O) groups excluding carboxylic acids is 1. The summed E-state index contributed by atoms with van der Waals surface area (Å²) in [6.45, 7) is 6.10. The van der Waals surface area contributed by atoms with Crippen molar-refractivity contribution in [1.29, 1.82) is 5.26 Å². The third kappa shape index (κ3) is 5.01. The molecule has 0 aromatic carbocycles. The molecule has 1 atom stereocenters. The molecule has 4 heteroatoms. The summed E-state index contributed by atoms with van der Waals surface area (Å²) in [7, 11) is 0. The third-order valence-electron chi connectivity index (χ3n) is 2.33. The highest BCUT2D eigenvalue weighted by Crippen LogP contribution is 2.15. The molecule has 17 heavy (non-hydrogen) atoms. The Kier molecular flexibility index (Phi) is 5.17. The summed E-state index contributed by atoms with van der Waals surface area (Å²) in [4.78, 5) is 14.0. The Morgan fingerprint density at radius 3 is 2.71 bits per heavy atom. The largest absolute Gasteiger partial charge is 0.340 e. The molecule has 1 N–H and O–H groups in total. The van der Waals surface area contributed by atoms with Gasteiger partial charge in [0.1, 0.15) is 6.04 Å². The Morgan fingerprint density at radius 1 is 1.53 bits per heavy atom. The van der Waals surface area contributed by atoms with Crippen molar-refractivity contribution in [2.24, 2.45) is 5.92 Å². The highest BCUT2D eigenvalue weighted by atomic mass is 32.1. The minimum absolute atomic E-state index is 0.0703. The molecule has 0 saturated heterocycles.